The fourth-order valence-corrected chi connectivity index (χ4v) is 2.87. The van der Waals surface area contributed by atoms with Gasteiger partial charge in [0.2, 0.25) is 0 Å². The molecule has 3 aromatic rings. The lowest BCUT2D eigenvalue weighted by atomic mass is 9.96. The van der Waals surface area contributed by atoms with Crippen LogP contribution in [0.15, 0.2) is 48.7 Å². The number of benzene rings is 2. The molecule has 0 saturated heterocycles. The Hall–Kier alpha value is -2.26. The van der Waals surface area contributed by atoms with Crippen LogP contribution in [0.3, 0.4) is 0 Å². The van der Waals surface area contributed by atoms with Gasteiger partial charge >= 0.3 is 0 Å². The SMILES string of the molecule is c1ccc2c(-c3ccc4c(c3)CCNC4)nncc2c1. The topological polar surface area (TPSA) is 37.8 Å². The van der Waals surface area contributed by atoms with E-state index < -0.39 is 0 Å². The van der Waals surface area contributed by atoms with Gasteiger partial charge in [-0.25, -0.2) is 0 Å². The minimum atomic E-state index is 0.969. The zero-order valence-electron chi connectivity index (χ0n) is 11.1. The normalized spacial score (nSPS) is 14.2. The molecule has 1 aliphatic heterocycles. The van der Waals surface area contributed by atoms with Crippen molar-refractivity contribution in [3.05, 3.63) is 59.8 Å². The Kier molecular flexibility index (Phi) is 2.71. The number of hydrogen-bond acceptors (Lipinski definition) is 3. The third kappa shape index (κ3) is 1.87. The highest BCUT2D eigenvalue weighted by Gasteiger charge is 2.12. The van der Waals surface area contributed by atoms with Crippen LogP contribution in [-0.2, 0) is 13.0 Å². The Labute approximate surface area is 117 Å². The monoisotopic (exact) mass is 261 g/mol. The second-order valence-corrected chi connectivity index (χ2v) is 5.19. The van der Waals surface area contributed by atoms with Crippen LogP contribution in [0.25, 0.3) is 22.0 Å². The molecule has 3 heteroatoms. The Morgan fingerprint density at radius 1 is 1.00 bits per heavy atom. The first kappa shape index (κ1) is 11.6. The smallest absolute Gasteiger partial charge is 0.101 e. The van der Waals surface area contributed by atoms with E-state index in [9.17, 15) is 0 Å². The first-order valence-corrected chi connectivity index (χ1v) is 6.95. The number of nitrogens with zero attached hydrogens (tertiary/aromatic N) is 2. The fourth-order valence-electron chi connectivity index (χ4n) is 2.87. The van der Waals surface area contributed by atoms with Crippen molar-refractivity contribution in [3.8, 4) is 11.3 Å². The molecular formula is C17H15N3. The zero-order chi connectivity index (χ0) is 13.4. The molecule has 1 aliphatic rings. The first-order valence-electron chi connectivity index (χ1n) is 6.95. The van der Waals surface area contributed by atoms with E-state index >= 15 is 0 Å². The standard InChI is InChI=1S/C17H15N3/c1-2-4-16-15(3-1)11-19-20-17(16)13-5-6-14-10-18-8-7-12(14)9-13/h1-6,9,11,18H,7-8,10H2. The summed E-state index contributed by atoms with van der Waals surface area (Å²) in [6, 6.07) is 14.9. The van der Waals surface area contributed by atoms with Gasteiger partial charge in [0, 0.05) is 22.9 Å². The maximum Gasteiger partial charge on any atom is 0.101 e. The predicted octanol–water partition coefficient (Wildman–Crippen LogP) is 2.94. The van der Waals surface area contributed by atoms with Crippen LogP contribution in [0.5, 0.6) is 0 Å². The van der Waals surface area contributed by atoms with Crippen molar-refractivity contribution in [1.82, 2.24) is 15.5 Å². The Morgan fingerprint density at radius 2 is 1.95 bits per heavy atom. The van der Waals surface area contributed by atoms with Gasteiger partial charge in [0.25, 0.3) is 0 Å². The summed E-state index contributed by atoms with van der Waals surface area (Å²) in [6.45, 7) is 2.02. The average molecular weight is 261 g/mol. The van der Waals surface area contributed by atoms with E-state index in [-0.39, 0.29) is 0 Å². The molecule has 1 N–H and O–H groups in total. The first-order chi connectivity index (χ1) is 9.92. The minimum Gasteiger partial charge on any atom is -0.312 e. The lowest BCUT2D eigenvalue weighted by molar-refractivity contribution is 0.644. The summed E-state index contributed by atoms with van der Waals surface area (Å²) < 4.78 is 0. The van der Waals surface area contributed by atoms with Crippen molar-refractivity contribution in [2.24, 2.45) is 0 Å². The molecule has 0 radical (unpaired) electrons. The van der Waals surface area contributed by atoms with Crippen molar-refractivity contribution in [1.29, 1.82) is 0 Å². The third-order valence-electron chi connectivity index (χ3n) is 3.94. The van der Waals surface area contributed by atoms with Crippen LogP contribution in [0, 0.1) is 0 Å². The van der Waals surface area contributed by atoms with Gasteiger partial charge in [-0.05, 0) is 30.2 Å². The number of nitrogens with one attached hydrogen (secondary N) is 1. The molecule has 2 aromatic carbocycles. The van der Waals surface area contributed by atoms with Crippen LogP contribution in [0.1, 0.15) is 11.1 Å². The maximum atomic E-state index is 4.36. The van der Waals surface area contributed by atoms with Crippen molar-refractivity contribution in [3.63, 3.8) is 0 Å². The molecule has 0 aliphatic carbocycles. The van der Waals surface area contributed by atoms with E-state index in [2.05, 4.69) is 51.9 Å². The van der Waals surface area contributed by atoms with E-state index in [4.69, 9.17) is 0 Å². The van der Waals surface area contributed by atoms with Crippen LogP contribution in [0.4, 0.5) is 0 Å². The van der Waals surface area contributed by atoms with E-state index in [1.165, 1.54) is 11.1 Å². The quantitative estimate of drug-likeness (QED) is 0.732. The molecule has 98 valence electrons. The molecule has 0 unspecified atom stereocenters. The fraction of sp³-hybridized carbons (Fsp3) is 0.176. The Morgan fingerprint density at radius 3 is 2.95 bits per heavy atom. The maximum absolute atomic E-state index is 4.36. The summed E-state index contributed by atoms with van der Waals surface area (Å²) in [5.74, 6) is 0. The molecule has 2 heterocycles. The van der Waals surface area contributed by atoms with Gasteiger partial charge in [-0.3, -0.25) is 0 Å². The minimum absolute atomic E-state index is 0.969. The summed E-state index contributed by atoms with van der Waals surface area (Å²) in [7, 11) is 0. The summed E-state index contributed by atoms with van der Waals surface area (Å²) in [5, 5.41) is 14.2. The third-order valence-corrected chi connectivity index (χ3v) is 3.94. The Balaban J connectivity index is 1.91. The van der Waals surface area contributed by atoms with Gasteiger partial charge in [-0.15, -0.1) is 5.10 Å². The van der Waals surface area contributed by atoms with E-state index in [0.717, 1.165) is 41.5 Å². The highest BCUT2D eigenvalue weighted by molar-refractivity contribution is 5.93. The lowest BCUT2D eigenvalue weighted by Crippen LogP contribution is -2.23. The molecule has 4 rings (SSSR count). The zero-order valence-corrected chi connectivity index (χ0v) is 11.1. The largest absolute Gasteiger partial charge is 0.312 e. The molecule has 0 bridgehead atoms. The summed E-state index contributed by atoms with van der Waals surface area (Å²) >= 11 is 0. The second kappa shape index (κ2) is 4.69. The molecule has 20 heavy (non-hydrogen) atoms. The molecule has 1 aromatic heterocycles. The van der Waals surface area contributed by atoms with Gasteiger partial charge in [0.05, 0.1) is 6.20 Å². The van der Waals surface area contributed by atoms with Gasteiger partial charge in [-0.1, -0.05) is 36.4 Å². The van der Waals surface area contributed by atoms with Crippen LogP contribution in [0.2, 0.25) is 0 Å². The number of fused-ring (bicyclic) bond motifs is 2. The highest BCUT2D eigenvalue weighted by Crippen LogP contribution is 2.28. The number of aromatic nitrogens is 2. The van der Waals surface area contributed by atoms with E-state index in [1.807, 2.05) is 12.3 Å². The van der Waals surface area contributed by atoms with Gasteiger partial charge in [0.15, 0.2) is 0 Å². The van der Waals surface area contributed by atoms with Gasteiger partial charge in [0.1, 0.15) is 5.69 Å². The molecule has 0 spiro atoms. The number of rotatable bonds is 1. The summed E-state index contributed by atoms with van der Waals surface area (Å²) in [6.07, 6.45) is 2.91. The molecular weight excluding hydrogens is 246 g/mol. The number of hydrogen-bond donors (Lipinski definition) is 1. The molecule has 0 fully saturated rings. The van der Waals surface area contributed by atoms with Crippen molar-refractivity contribution < 1.29 is 0 Å². The summed E-state index contributed by atoms with van der Waals surface area (Å²) in [5.41, 5.74) is 4.96. The second-order valence-electron chi connectivity index (χ2n) is 5.19. The molecule has 0 amide bonds. The van der Waals surface area contributed by atoms with Crippen LogP contribution >= 0.6 is 0 Å². The summed E-state index contributed by atoms with van der Waals surface area (Å²) in [4.78, 5) is 0. The van der Waals surface area contributed by atoms with Crippen molar-refractivity contribution in [2.75, 3.05) is 6.54 Å². The predicted molar refractivity (Wildman–Crippen MR) is 80.4 cm³/mol. The molecule has 0 atom stereocenters. The van der Waals surface area contributed by atoms with E-state index in [1.54, 1.807) is 0 Å². The highest BCUT2D eigenvalue weighted by atomic mass is 15.1. The van der Waals surface area contributed by atoms with Gasteiger partial charge in [-0.2, -0.15) is 5.10 Å². The Bertz CT molecular complexity index is 775. The molecule has 0 saturated carbocycles. The van der Waals surface area contributed by atoms with Crippen LogP contribution in [-0.4, -0.2) is 16.7 Å². The van der Waals surface area contributed by atoms with Crippen molar-refractivity contribution in [2.45, 2.75) is 13.0 Å². The van der Waals surface area contributed by atoms with Crippen LogP contribution < -0.4 is 5.32 Å². The van der Waals surface area contributed by atoms with Gasteiger partial charge < -0.3 is 5.32 Å². The average Bonchev–Trinajstić information content (AvgIpc) is 2.54. The lowest BCUT2D eigenvalue weighted by Gasteiger charge is -2.17. The van der Waals surface area contributed by atoms with Crippen molar-refractivity contribution >= 4 is 10.8 Å². The molecule has 3 nitrogen and oxygen atoms in total. The van der Waals surface area contributed by atoms with E-state index in [0.29, 0.717) is 0 Å².